The van der Waals surface area contributed by atoms with E-state index in [9.17, 15) is 29.1 Å². The summed E-state index contributed by atoms with van der Waals surface area (Å²) in [6, 6.07) is 16.2. The van der Waals surface area contributed by atoms with Gasteiger partial charge in [-0.1, -0.05) is 80.6 Å². The molecule has 12 nitrogen and oxygen atoms in total. The van der Waals surface area contributed by atoms with Crippen molar-refractivity contribution >= 4 is 29.9 Å². The predicted molar refractivity (Wildman–Crippen MR) is 177 cm³/mol. The molecule has 1 aliphatic carbocycles. The summed E-state index contributed by atoms with van der Waals surface area (Å²) in [7, 11) is 1.37. The summed E-state index contributed by atoms with van der Waals surface area (Å²) in [6.45, 7) is 5.51. The van der Waals surface area contributed by atoms with Gasteiger partial charge in [-0.15, -0.1) is 0 Å². The number of amides is 2. The third kappa shape index (κ3) is 6.44. The zero-order chi connectivity index (χ0) is 35.5. The van der Waals surface area contributed by atoms with Crippen LogP contribution in [0.15, 0.2) is 72.8 Å². The Balaban J connectivity index is 1.17. The van der Waals surface area contributed by atoms with Crippen molar-refractivity contribution in [1.82, 2.24) is 10.2 Å². The van der Waals surface area contributed by atoms with Gasteiger partial charge in [-0.25, -0.2) is 9.59 Å². The highest BCUT2D eigenvalue weighted by molar-refractivity contribution is 5.98. The molecule has 0 spiro atoms. The second kappa shape index (κ2) is 14.3. The second-order valence-corrected chi connectivity index (χ2v) is 12.8. The average molecular weight is 675 g/mol. The Morgan fingerprint density at radius 2 is 1.63 bits per heavy atom. The van der Waals surface area contributed by atoms with Crippen LogP contribution in [0.2, 0.25) is 0 Å². The van der Waals surface area contributed by atoms with Gasteiger partial charge >= 0.3 is 24.0 Å². The highest BCUT2D eigenvalue weighted by Crippen LogP contribution is 2.52. The predicted octanol–water partition coefficient (Wildman–Crippen LogP) is 3.66. The number of hydrogen-bond acceptors (Lipinski definition) is 10. The molecule has 0 aromatic heterocycles. The smallest absolute Gasteiger partial charge is 0.407 e. The largest absolute Gasteiger partial charge is 0.463 e. The lowest BCUT2D eigenvalue weighted by molar-refractivity contribution is -0.161. The summed E-state index contributed by atoms with van der Waals surface area (Å²) < 4.78 is 21.9. The molecule has 49 heavy (non-hydrogen) atoms. The van der Waals surface area contributed by atoms with Gasteiger partial charge in [0.05, 0.1) is 5.92 Å². The number of rotatable bonds is 12. The number of cyclic esters (lactones) is 1. The fraction of sp³-hybridized carbons (Fsp3) is 0.432. The first-order valence-electron chi connectivity index (χ1n) is 16.3. The molecule has 2 aromatic carbocycles. The molecule has 12 heteroatoms. The van der Waals surface area contributed by atoms with E-state index in [4.69, 9.17) is 18.9 Å². The van der Waals surface area contributed by atoms with Crippen molar-refractivity contribution < 1.29 is 48.0 Å². The standard InChI is InChI=1S/C37H42N2O10/c1-22(19-32-37(45)23(2)33(42)39(5)36(37,34(43)49-32)21-47-24(3)40)31(48-25(4)41)17-7-6-12-18-38-35(44)46-20-30-28-15-10-8-13-26(28)27-14-9-11-16-29(27)30/h6-17,22-23,30-32,45H,18-21H2,1-5H3,(H,38,44)/b12-6+,17-7+/t22-,23+,31+,32+,36-,37-/m1/s1. The third-order valence-electron chi connectivity index (χ3n) is 9.86. The number of hydrogen-bond donors (Lipinski definition) is 2. The van der Waals surface area contributed by atoms with E-state index >= 15 is 0 Å². The van der Waals surface area contributed by atoms with Crippen molar-refractivity contribution in [3.8, 4) is 11.1 Å². The summed E-state index contributed by atoms with van der Waals surface area (Å²) >= 11 is 0. The van der Waals surface area contributed by atoms with Gasteiger partial charge in [-0.05, 0) is 34.8 Å². The van der Waals surface area contributed by atoms with Crippen molar-refractivity contribution in [3.05, 3.63) is 84.0 Å². The lowest BCUT2D eigenvalue weighted by atomic mass is 9.72. The van der Waals surface area contributed by atoms with Crippen molar-refractivity contribution in [2.24, 2.45) is 11.8 Å². The molecule has 0 unspecified atom stereocenters. The Morgan fingerprint density at radius 3 is 2.24 bits per heavy atom. The van der Waals surface area contributed by atoms with Crippen LogP contribution in [0, 0.1) is 11.8 Å². The normalized spacial score (nSPS) is 25.5. The zero-order valence-corrected chi connectivity index (χ0v) is 28.2. The number of nitrogens with one attached hydrogen (secondary N) is 1. The van der Waals surface area contributed by atoms with Gasteiger partial charge in [0.2, 0.25) is 11.4 Å². The van der Waals surface area contributed by atoms with Crippen LogP contribution in [-0.2, 0) is 38.1 Å². The van der Waals surface area contributed by atoms with Crippen LogP contribution in [0.4, 0.5) is 4.79 Å². The summed E-state index contributed by atoms with van der Waals surface area (Å²) in [6.07, 6.45) is 4.20. The van der Waals surface area contributed by atoms with E-state index in [1.807, 2.05) is 24.3 Å². The topological polar surface area (TPSA) is 158 Å². The molecule has 2 aromatic rings. The molecule has 5 rings (SSSR count). The monoisotopic (exact) mass is 674 g/mol. The average Bonchev–Trinajstić information content (AvgIpc) is 3.56. The van der Waals surface area contributed by atoms with Crippen LogP contribution < -0.4 is 5.32 Å². The first-order valence-corrected chi connectivity index (χ1v) is 16.3. The van der Waals surface area contributed by atoms with Crippen LogP contribution in [0.1, 0.15) is 51.2 Å². The molecule has 3 aliphatic rings. The summed E-state index contributed by atoms with van der Waals surface area (Å²) in [5, 5.41) is 14.7. The Morgan fingerprint density at radius 1 is 1.00 bits per heavy atom. The van der Waals surface area contributed by atoms with Crippen molar-refractivity contribution in [1.29, 1.82) is 0 Å². The molecule has 2 heterocycles. The van der Waals surface area contributed by atoms with E-state index < -0.39 is 71.7 Å². The molecule has 2 amide bonds. The SMILES string of the molecule is CC(=O)OC[C@@]12C(=O)O[C@@H](C[C@@H](C)[C@H](/C=C/C=C/CNC(=O)OCC3c4ccccc4-c4ccccc43)OC(C)=O)[C@]1(O)[C@@H](C)C(=O)N2C. The molecular formula is C37H42N2O10. The van der Waals surface area contributed by atoms with Gasteiger partial charge in [0.25, 0.3) is 0 Å². The van der Waals surface area contributed by atoms with Gasteiger partial charge in [0, 0.05) is 39.3 Å². The van der Waals surface area contributed by atoms with Gasteiger partial charge in [-0.2, -0.15) is 0 Å². The highest BCUT2D eigenvalue weighted by atomic mass is 16.6. The van der Waals surface area contributed by atoms with E-state index in [-0.39, 0.29) is 25.5 Å². The number of likely N-dealkylation sites (tertiary alicyclic amines) is 1. The van der Waals surface area contributed by atoms with Gasteiger partial charge < -0.3 is 34.3 Å². The molecular weight excluding hydrogens is 632 g/mol. The number of aliphatic hydroxyl groups is 1. The van der Waals surface area contributed by atoms with Gasteiger partial charge in [0.15, 0.2) is 5.60 Å². The molecule has 0 saturated carbocycles. The maximum Gasteiger partial charge on any atom is 0.407 e. The fourth-order valence-electron chi connectivity index (χ4n) is 7.28. The van der Waals surface area contributed by atoms with E-state index in [0.717, 1.165) is 34.1 Å². The summed E-state index contributed by atoms with van der Waals surface area (Å²) in [4.78, 5) is 63.4. The number of fused-ring (bicyclic) bond motifs is 4. The maximum absolute atomic E-state index is 13.2. The second-order valence-electron chi connectivity index (χ2n) is 12.8. The number of alkyl carbamates (subject to hydrolysis) is 1. The van der Waals surface area contributed by atoms with Crippen LogP contribution >= 0.6 is 0 Å². The Bertz CT molecular complexity index is 1640. The number of nitrogens with zero attached hydrogens (tertiary/aromatic N) is 1. The van der Waals surface area contributed by atoms with E-state index in [1.54, 1.807) is 31.2 Å². The first kappa shape index (κ1) is 35.3. The number of allylic oxidation sites excluding steroid dienone is 2. The van der Waals surface area contributed by atoms with Gasteiger partial charge in [0.1, 0.15) is 25.4 Å². The van der Waals surface area contributed by atoms with Gasteiger partial charge in [-0.3, -0.25) is 14.4 Å². The zero-order valence-electron chi connectivity index (χ0n) is 28.2. The minimum absolute atomic E-state index is 0.0326. The molecule has 6 atom stereocenters. The highest BCUT2D eigenvalue weighted by Gasteiger charge is 2.78. The first-order chi connectivity index (χ1) is 23.3. The van der Waals surface area contributed by atoms with E-state index in [2.05, 4.69) is 29.6 Å². The number of esters is 3. The number of ether oxygens (including phenoxy) is 4. The minimum atomic E-state index is -2.01. The Kier molecular flexibility index (Phi) is 10.3. The molecule has 2 N–H and O–H groups in total. The number of carbonyl (C=O) groups is 5. The molecule has 2 saturated heterocycles. The molecule has 2 aliphatic heterocycles. The quantitative estimate of drug-likeness (QED) is 0.193. The Hall–Kier alpha value is -4.97. The van der Waals surface area contributed by atoms with Crippen molar-refractivity contribution in [3.63, 3.8) is 0 Å². The number of benzene rings is 2. The van der Waals surface area contributed by atoms with Crippen LogP contribution in [0.25, 0.3) is 11.1 Å². The molecule has 260 valence electrons. The number of likely N-dealkylation sites (N-methyl/N-ethyl adjacent to an activating group) is 1. The molecule has 2 fully saturated rings. The lowest BCUT2D eigenvalue weighted by Gasteiger charge is -2.38. The van der Waals surface area contributed by atoms with Crippen LogP contribution in [0.5, 0.6) is 0 Å². The summed E-state index contributed by atoms with van der Waals surface area (Å²) in [5.41, 5.74) is 0.624. The third-order valence-corrected chi connectivity index (χ3v) is 9.86. The van der Waals surface area contributed by atoms with Crippen LogP contribution in [0.3, 0.4) is 0 Å². The van der Waals surface area contributed by atoms with Crippen molar-refractivity contribution in [2.45, 2.75) is 63.4 Å². The van der Waals surface area contributed by atoms with Crippen molar-refractivity contribution in [2.75, 3.05) is 26.8 Å². The number of carbonyl (C=O) groups excluding carboxylic acids is 5. The minimum Gasteiger partial charge on any atom is -0.463 e. The van der Waals surface area contributed by atoms with E-state index in [0.29, 0.717) is 0 Å². The Labute approximate surface area is 285 Å². The van der Waals surface area contributed by atoms with E-state index in [1.165, 1.54) is 20.9 Å². The fourth-order valence-corrected chi connectivity index (χ4v) is 7.28. The van der Waals surface area contributed by atoms with Crippen LogP contribution in [-0.4, -0.2) is 90.1 Å². The maximum atomic E-state index is 13.2. The molecule has 0 radical (unpaired) electrons. The summed E-state index contributed by atoms with van der Waals surface area (Å²) in [5.74, 6) is -4.15. The molecule has 0 bridgehead atoms. The lowest BCUT2D eigenvalue weighted by Crippen LogP contribution is -2.64.